The van der Waals surface area contributed by atoms with Gasteiger partial charge in [-0.15, -0.1) is 0 Å². The van der Waals surface area contributed by atoms with Crippen LogP contribution >= 0.6 is 0 Å². The first-order valence-corrected chi connectivity index (χ1v) is 8.02. The van der Waals surface area contributed by atoms with E-state index < -0.39 is 10.0 Å². The molecule has 0 bridgehead atoms. The van der Waals surface area contributed by atoms with E-state index in [1.807, 2.05) is 0 Å². The lowest BCUT2D eigenvalue weighted by Crippen LogP contribution is -2.30. The normalized spacial score (nSPS) is 11.7. The third-order valence-corrected chi connectivity index (χ3v) is 4.71. The number of hydrogen-bond donors (Lipinski definition) is 1. The molecule has 21 heavy (non-hydrogen) atoms. The molecule has 0 saturated carbocycles. The molecule has 0 unspecified atom stereocenters. The lowest BCUT2D eigenvalue weighted by atomic mass is 10.3. The van der Waals surface area contributed by atoms with Crippen LogP contribution in [0.3, 0.4) is 0 Å². The van der Waals surface area contributed by atoms with Crippen LogP contribution in [0.5, 0.6) is 5.75 Å². The van der Waals surface area contributed by atoms with Gasteiger partial charge in [-0.25, -0.2) is 12.7 Å². The van der Waals surface area contributed by atoms with E-state index in [-0.39, 0.29) is 18.9 Å². The van der Waals surface area contributed by atoms with Crippen LogP contribution in [-0.4, -0.2) is 32.1 Å². The Morgan fingerprint density at radius 2 is 1.95 bits per heavy atom. The number of anilines is 1. The van der Waals surface area contributed by atoms with E-state index in [4.69, 9.17) is 14.9 Å². The van der Waals surface area contributed by atoms with E-state index in [2.05, 4.69) is 0 Å². The van der Waals surface area contributed by atoms with Crippen molar-refractivity contribution in [1.82, 2.24) is 4.31 Å². The van der Waals surface area contributed by atoms with Gasteiger partial charge >= 0.3 is 0 Å². The number of benzene rings is 1. The van der Waals surface area contributed by atoms with Crippen LogP contribution in [0, 0.1) is 0 Å². The van der Waals surface area contributed by atoms with Gasteiger partial charge in [0.05, 0.1) is 18.3 Å². The molecule has 0 radical (unpaired) electrons. The van der Waals surface area contributed by atoms with E-state index >= 15 is 0 Å². The van der Waals surface area contributed by atoms with Crippen molar-refractivity contribution in [2.24, 2.45) is 0 Å². The fourth-order valence-electron chi connectivity index (χ4n) is 1.72. The van der Waals surface area contributed by atoms with Crippen molar-refractivity contribution in [2.75, 3.05) is 25.1 Å². The maximum Gasteiger partial charge on any atom is 0.217 e. The summed E-state index contributed by atoms with van der Waals surface area (Å²) >= 11 is 0. The Bertz CT molecular complexity index is 651. The summed E-state index contributed by atoms with van der Waals surface area (Å²) < 4.78 is 35.8. The zero-order valence-electron chi connectivity index (χ0n) is 11.7. The van der Waals surface area contributed by atoms with Gasteiger partial charge in [-0.2, -0.15) is 0 Å². The molecule has 2 N–H and O–H groups in total. The predicted molar refractivity (Wildman–Crippen MR) is 80.3 cm³/mol. The summed E-state index contributed by atoms with van der Waals surface area (Å²) in [6.07, 6.45) is 3.04. The fourth-order valence-corrected chi connectivity index (χ4v) is 2.67. The molecule has 1 heterocycles. The van der Waals surface area contributed by atoms with E-state index in [9.17, 15) is 8.42 Å². The van der Waals surface area contributed by atoms with Gasteiger partial charge in [0, 0.05) is 24.8 Å². The fraction of sp³-hybridized carbons (Fsp3) is 0.286. The molecular weight excluding hydrogens is 292 g/mol. The van der Waals surface area contributed by atoms with Crippen LogP contribution in [0.1, 0.15) is 5.56 Å². The second kappa shape index (κ2) is 6.64. The van der Waals surface area contributed by atoms with Gasteiger partial charge < -0.3 is 14.9 Å². The molecule has 0 spiro atoms. The van der Waals surface area contributed by atoms with Crippen molar-refractivity contribution < 1.29 is 17.6 Å². The largest absolute Gasteiger partial charge is 0.492 e. The van der Waals surface area contributed by atoms with E-state index in [1.54, 1.807) is 30.3 Å². The molecule has 0 atom stereocenters. The minimum absolute atomic E-state index is 0.0853. The molecule has 1 aromatic heterocycles. The standard InChI is InChI=1S/C14H18N2O4S/c1-16(10-12-6-7-19-11-12)21(17,18)9-8-20-14-4-2-13(15)3-5-14/h2-7,11H,8-10,15H2,1H3. The minimum Gasteiger partial charge on any atom is -0.492 e. The number of nitrogens with zero attached hydrogens (tertiary/aromatic N) is 1. The SMILES string of the molecule is CN(Cc1ccoc1)S(=O)(=O)CCOc1ccc(N)cc1. The number of hydrogen-bond acceptors (Lipinski definition) is 5. The van der Waals surface area contributed by atoms with Crippen molar-refractivity contribution in [3.05, 3.63) is 48.4 Å². The Morgan fingerprint density at radius 1 is 1.24 bits per heavy atom. The molecule has 0 saturated heterocycles. The van der Waals surface area contributed by atoms with Crippen molar-refractivity contribution in [1.29, 1.82) is 0 Å². The molecule has 0 aliphatic carbocycles. The van der Waals surface area contributed by atoms with Crippen LogP contribution in [0.15, 0.2) is 47.3 Å². The summed E-state index contributed by atoms with van der Waals surface area (Å²) in [6.45, 7) is 0.364. The van der Waals surface area contributed by atoms with Crippen LogP contribution in [0.4, 0.5) is 5.69 Å². The van der Waals surface area contributed by atoms with Gasteiger partial charge in [0.25, 0.3) is 0 Å². The summed E-state index contributed by atoms with van der Waals surface area (Å²) in [5.74, 6) is 0.503. The Hall–Kier alpha value is -1.99. The first kappa shape index (κ1) is 15.4. The Kier molecular flexibility index (Phi) is 4.87. The average molecular weight is 310 g/mol. The highest BCUT2D eigenvalue weighted by molar-refractivity contribution is 7.89. The molecule has 6 nitrogen and oxygen atoms in total. The first-order chi connectivity index (χ1) is 9.97. The van der Waals surface area contributed by atoms with E-state index in [1.165, 1.54) is 23.9 Å². The molecule has 0 aliphatic heterocycles. The summed E-state index contributed by atoms with van der Waals surface area (Å²) in [7, 11) is -1.84. The number of nitrogens with two attached hydrogens (primary N) is 1. The first-order valence-electron chi connectivity index (χ1n) is 6.41. The van der Waals surface area contributed by atoms with E-state index in [0.29, 0.717) is 11.4 Å². The molecule has 0 fully saturated rings. The van der Waals surface area contributed by atoms with Crippen LogP contribution in [-0.2, 0) is 16.6 Å². The van der Waals surface area contributed by atoms with Crippen molar-refractivity contribution in [2.45, 2.75) is 6.54 Å². The van der Waals surface area contributed by atoms with E-state index in [0.717, 1.165) is 5.56 Å². The lowest BCUT2D eigenvalue weighted by molar-refractivity contribution is 0.336. The highest BCUT2D eigenvalue weighted by atomic mass is 32.2. The van der Waals surface area contributed by atoms with Crippen molar-refractivity contribution >= 4 is 15.7 Å². The van der Waals surface area contributed by atoms with Gasteiger partial charge in [-0.1, -0.05) is 0 Å². The second-order valence-corrected chi connectivity index (χ2v) is 6.82. The quantitative estimate of drug-likeness (QED) is 0.787. The average Bonchev–Trinajstić information content (AvgIpc) is 2.94. The number of rotatable bonds is 7. The zero-order chi connectivity index (χ0) is 15.3. The molecule has 7 heteroatoms. The lowest BCUT2D eigenvalue weighted by Gasteiger charge is -2.16. The predicted octanol–water partition coefficient (Wildman–Crippen LogP) is 1.70. The van der Waals surface area contributed by atoms with Gasteiger partial charge in [-0.3, -0.25) is 0 Å². The number of furan rings is 1. The van der Waals surface area contributed by atoms with Crippen molar-refractivity contribution in [3.63, 3.8) is 0 Å². The smallest absolute Gasteiger partial charge is 0.217 e. The topological polar surface area (TPSA) is 85.8 Å². The molecule has 2 rings (SSSR count). The van der Waals surface area contributed by atoms with Gasteiger partial charge in [0.2, 0.25) is 10.0 Å². The number of sulfonamides is 1. The Balaban J connectivity index is 1.84. The van der Waals surface area contributed by atoms with Crippen LogP contribution < -0.4 is 10.5 Å². The highest BCUT2D eigenvalue weighted by Gasteiger charge is 2.18. The Morgan fingerprint density at radius 3 is 2.57 bits per heavy atom. The molecule has 114 valence electrons. The third-order valence-electron chi connectivity index (χ3n) is 2.95. The van der Waals surface area contributed by atoms with Gasteiger partial charge in [0.15, 0.2) is 0 Å². The highest BCUT2D eigenvalue weighted by Crippen LogP contribution is 2.13. The number of ether oxygens (including phenoxy) is 1. The summed E-state index contributed by atoms with van der Waals surface area (Å²) in [5.41, 5.74) is 7.00. The molecular formula is C14H18N2O4S. The minimum atomic E-state index is -3.37. The third kappa shape index (κ3) is 4.51. The van der Waals surface area contributed by atoms with Gasteiger partial charge in [0.1, 0.15) is 12.4 Å². The summed E-state index contributed by atoms with van der Waals surface area (Å²) in [4.78, 5) is 0. The van der Waals surface area contributed by atoms with Crippen LogP contribution in [0.2, 0.25) is 0 Å². The molecule has 0 amide bonds. The maximum absolute atomic E-state index is 12.1. The van der Waals surface area contributed by atoms with Crippen molar-refractivity contribution in [3.8, 4) is 5.75 Å². The van der Waals surface area contributed by atoms with Gasteiger partial charge in [-0.05, 0) is 30.3 Å². The summed E-state index contributed by atoms with van der Waals surface area (Å²) in [5, 5.41) is 0. The Labute approximate surface area is 124 Å². The second-order valence-electron chi connectivity index (χ2n) is 4.62. The monoisotopic (exact) mass is 310 g/mol. The maximum atomic E-state index is 12.1. The summed E-state index contributed by atoms with van der Waals surface area (Å²) in [6, 6.07) is 8.55. The molecule has 0 aliphatic rings. The van der Waals surface area contributed by atoms with Crippen LogP contribution in [0.25, 0.3) is 0 Å². The zero-order valence-corrected chi connectivity index (χ0v) is 12.5. The molecule has 2 aromatic rings. The molecule has 1 aromatic carbocycles. The number of nitrogen functional groups attached to an aromatic ring is 1.